The van der Waals surface area contributed by atoms with Crippen molar-refractivity contribution in [2.45, 2.75) is 6.04 Å². The quantitative estimate of drug-likeness (QED) is 0.932. The molecule has 0 aliphatic carbocycles. The Bertz CT molecular complexity index is 567. The van der Waals surface area contributed by atoms with E-state index in [0.29, 0.717) is 0 Å². The summed E-state index contributed by atoms with van der Waals surface area (Å²) in [6, 6.07) is 14.5. The van der Waals surface area contributed by atoms with Crippen LogP contribution in [0.15, 0.2) is 48.7 Å². The number of para-hydroxylation sites is 1. The lowest BCUT2D eigenvalue weighted by atomic mass is 9.99. The maximum Gasteiger partial charge on any atom is 0.124 e. The Balaban J connectivity index is 2.03. The van der Waals surface area contributed by atoms with E-state index in [4.69, 9.17) is 4.74 Å². The monoisotopic (exact) mass is 283 g/mol. The molecule has 2 heterocycles. The molecule has 0 spiro atoms. The Labute approximate surface area is 125 Å². The van der Waals surface area contributed by atoms with Gasteiger partial charge < -0.3 is 10.1 Å². The van der Waals surface area contributed by atoms with Crippen LogP contribution in [0.3, 0.4) is 0 Å². The van der Waals surface area contributed by atoms with Crippen LogP contribution in [0.4, 0.5) is 0 Å². The molecule has 21 heavy (non-hydrogen) atoms. The molecule has 2 aromatic rings. The molecule has 1 fully saturated rings. The summed E-state index contributed by atoms with van der Waals surface area (Å²) < 4.78 is 5.57. The Morgan fingerprint density at radius 3 is 2.57 bits per heavy atom. The number of hydrogen-bond acceptors (Lipinski definition) is 4. The Morgan fingerprint density at radius 1 is 1.10 bits per heavy atom. The van der Waals surface area contributed by atoms with E-state index in [2.05, 4.69) is 33.4 Å². The van der Waals surface area contributed by atoms with Crippen molar-refractivity contribution in [1.82, 2.24) is 15.2 Å². The van der Waals surface area contributed by atoms with Crippen molar-refractivity contribution < 1.29 is 4.74 Å². The van der Waals surface area contributed by atoms with Crippen LogP contribution in [0, 0.1) is 0 Å². The summed E-state index contributed by atoms with van der Waals surface area (Å²) >= 11 is 0. The largest absolute Gasteiger partial charge is 0.496 e. The number of aromatic nitrogens is 1. The van der Waals surface area contributed by atoms with Gasteiger partial charge in [0.25, 0.3) is 0 Å². The predicted octanol–water partition coefficient (Wildman–Crippen LogP) is 2.08. The lowest BCUT2D eigenvalue weighted by molar-refractivity contribution is 0.192. The molecule has 1 aromatic heterocycles. The third-order valence-corrected chi connectivity index (χ3v) is 3.92. The number of rotatable bonds is 4. The van der Waals surface area contributed by atoms with Crippen molar-refractivity contribution in [2.75, 3.05) is 33.3 Å². The molecule has 4 heteroatoms. The van der Waals surface area contributed by atoms with Crippen LogP contribution >= 0.6 is 0 Å². The molecule has 0 amide bonds. The molecule has 4 nitrogen and oxygen atoms in total. The Hall–Kier alpha value is -1.91. The highest BCUT2D eigenvalue weighted by molar-refractivity contribution is 5.40. The van der Waals surface area contributed by atoms with Gasteiger partial charge in [0.2, 0.25) is 0 Å². The van der Waals surface area contributed by atoms with Gasteiger partial charge in [-0.05, 0) is 18.2 Å². The van der Waals surface area contributed by atoms with Crippen LogP contribution in [0.1, 0.15) is 17.3 Å². The summed E-state index contributed by atoms with van der Waals surface area (Å²) in [4.78, 5) is 7.06. The van der Waals surface area contributed by atoms with E-state index >= 15 is 0 Å². The zero-order valence-electron chi connectivity index (χ0n) is 12.3. The van der Waals surface area contributed by atoms with Gasteiger partial charge in [-0.3, -0.25) is 9.88 Å². The lowest BCUT2D eigenvalue weighted by Crippen LogP contribution is -2.45. The molecule has 1 unspecified atom stereocenters. The van der Waals surface area contributed by atoms with E-state index in [1.165, 1.54) is 5.56 Å². The molecule has 1 saturated heterocycles. The molecular formula is C17H21N3O. The van der Waals surface area contributed by atoms with E-state index < -0.39 is 0 Å². The van der Waals surface area contributed by atoms with E-state index in [9.17, 15) is 0 Å². The molecule has 1 aliphatic heterocycles. The van der Waals surface area contributed by atoms with Gasteiger partial charge in [-0.1, -0.05) is 24.3 Å². The van der Waals surface area contributed by atoms with Gasteiger partial charge in [0, 0.05) is 37.9 Å². The minimum absolute atomic E-state index is 0.143. The number of pyridine rings is 1. The normalized spacial score (nSPS) is 17.4. The standard InChI is InChI=1S/C17H21N3O/c1-21-16-8-3-2-6-14(16)17(15-7-4-5-9-19-15)20-12-10-18-11-13-20/h2-9,17-18H,10-13H2,1H3. The lowest BCUT2D eigenvalue weighted by Gasteiger charge is -2.35. The van der Waals surface area contributed by atoms with Crippen molar-refractivity contribution in [3.8, 4) is 5.75 Å². The predicted molar refractivity (Wildman–Crippen MR) is 83.5 cm³/mol. The fourth-order valence-corrected chi connectivity index (χ4v) is 2.91. The number of piperazine rings is 1. The second-order valence-corrected chi connectivity index (χ2v) is 5.19. The van der Waals surface area contributed by atoms with Gasteiger partial charge in [0.15, 0.2) is 0 Å². The fourth-order valence-electron chi connectivity index (χ4n) is 2.91. The molecule has 1 atom stereocenters. The summed E-state index contributed by atoms with van der Waals surface area (Å²) in [5.74, 6) is 0.923. The SMILES string of the molecule is COc1ccccc1C(c1ccccn1)N1CCNCC1. The number of hydrogen-bond donors (Lipinski definition) is 1. The fraction of sp³-hybridized carbons (Fsp3) is 0.353. The van der Waals surface area contributed by atoms with E-state index in [1.54, 1.807) is 7.11 Å². The van der Waals surface area contributed by atoms with Crippen molar-refractivity contribution >= 4 is 0 Å². The summed E-state index contributed by atoms with van der Waals surface area (Å²) in [5, 5.41) is 3.41. The Kier molecular flexibility index (Phi) is 4.48. The Morgan fingerprint density at radius 2 is 1.86 bits per heavy atom. The highest BCUT2D eigenvalue weighted by Gasteiger charge is 2.27. The first-order valence-corrected chi connectivity index (χ1v) is 7.39. The van der Waals surface area contributed by atoms with E-state index in [-0.39, 0.29) is 6.04 Å². The summed E-state index contributed by atoms with van der Waals surface area (Å²) in [5.41, 5.74) is 2.25. The minimum atomic E-state index is 0.143. The summed E-state index contributed by atoms with van der Waals surface area (Å²) in [7, 11) is 1.73. The molecule has 110 valence electrons. The number of benzene rings is 1. The van der Waals surface area contributed by atoms with Crippen LogP contribution in [-0.2, 0) is 0 Å². The molecule has 1 aliphatic rings. The smallest absolute Gasteiger partial charge is 0.124 e. The van der Waals surface area contributed by atoms with Gasteiger partial charge in [0.05, 0.1) is 18.8 Å². The third-order valence-electron chi connectivity index (χ3n) is 3.92. The topological polar surface area (TPSA) is 37.4 Å². The molecule has 0 radical (unpaired) electrons. The summed E-state index contributed by atoms with van der Waals surface area (Å²) in [6.45, 7) is 4.05. The zero-order valence-corrected chi connectivity index (χ0v) is 12.3. The highest BCUT2D eigenvalue weighted by atomic mass is 16.5. The number of nitrogens with one attached hydrogen (secondary N) is 1. The molecule has 1 aromatic carbocycles. The number of ether oxygens (including phenoxy) is 1. The molecular weight excluding hydrogens is 262 g/mol. The van der Waals surface area contributed by atoms with Crippen molar-refractivity contribution in [3.05, 3.63) is 59.9 Å². The van der Waals surface area contributed by atoms with Gasteiger partial charge in [-0.25, -0.2) is 0 Å². The average Bonchev–Trinajstić information content (AvgIpc) is 2.58. The second-order valence-electron chi connectivity index (χ2n) is 5.19. The van der Waals surface area contributed by atoms with Crippen LogP contribution in [0.5, 0.6) is 5.75 Å². The van der Waals surface area contributed by atoms with Crippen molar-refractivity contribution in [3.63, 3.8) is 0 Å². The average molecular weight is 283 g/mol. The van der Waals surface area contributed by atoms with Crippen LogP contribution in [0.25, 0.3) is 0 Å². The van der Waals surface area contributed by atoms with E-state index in [0.717, 1.165) is 37.6 Å². The van der Waals surface area contributed by atoms with Crippen LogP contribution in [-0.4, -0.2) is 43.2 Å². The van der Waals surface area contributed by atoms with Gasteiger partial charge in [-0.2, -0.15) is 0 Å². The first-order chi connectivity index (χ1) is 10.4. The second kappa shape index (κ2) is 6.70. The van der Waals surface area contributed by atoms with Crippen molar-refractivity contribution in [2.24, 2.45) is 0 Å². The molecule has 0 saturated carbocycles. The first-order valence-electron chi connectivity index (χ1n) is 7.39. The molecule has 1 N–H and O–H groups in total. The zero-order chi connectivity index (χ0) is 14.5. The maximum absolute atomic E-state index is 5.57. The first kappa shape index (κ1) is 14.0. The van der Waals surface area contributed by atoms with E-state index in [1.807, 2.05) is 30.5 Å². The van der Waals surface area contributed by atoms with Gasteiger partial charge in [0.1, 0.15) is 5.75 Å². The van der Waals surface area contributed by atoms with Crippen molar-refractivity contribution in [1.29, 1.82) is 0 Å². The minimum Gasteiger partial charge on any atom is -0.496 e. The maximum atomic E-state index is 5.57. The van der Waals surface area contributed by atoms with Crippen LogP contribution in [0.2, 0.25) is 0 Å². The number of nitrogens with zero attached hydrogens (tertiary/aromatic N) is 2. The highest BCUT2D eigenvalue weighted by Crippen LogP contribution is 2.33. The van der Waals surface area contributed by atoms with Gasteiger partial charge >= 0.3 is 0 Å². The van der Waals surface area contributed by atoms with Gasteiger partial charge in [-0.15, -0.1) is 0 Å². The third kappa shape index (κ3) is 3.06. The van der Waals surface area contributed by atoms with Crippen LogP contribution < -0.4 is 10.1 Å². The molecule has 0 bridgehead atoms. The summed E-state index contributed by atoms with van der Waals surface area (Å²) in [6.07, 6.45) is 1.86. The number of methoxy groups -OCH3 is 1. The molecule has 3 rings (SSSR count).